The van der Waals surface area contributed by atoms with E-state index in [9.17, 15) is 0 Å². The Morgan fingerprint density at radius 1 is 1.35 bits per heavy atom. The summed E-state index contributed by atoms with van der Waals surface area (Å²) in [6.45, 7) is 14.5. The van der Waals surface area contributed by atoms with Crippen LogP contribution in [0, 0.1) is 5.92 Å². The molecule has 0 bridgehead atoms. The van der Waals surface area contributed by atoms with Crippen LogP contribution in [-0.2, 0) is 4.74 Å². The molecule has 0 aromatic carbocycles. The fraction of sp³-hybridized carbons (Fsp3) is 1.00. The second kappa shape index (κ2) is 8.06. The minimum Gasteiger partial charge on any atom is -0.377 e. The molecule has 1 saturated heterocycles. The van der Waals surface area contributed by atoms with E-state index in [0.29, 0.717) is 12.1 Å². The Morgan fingerprint density at radius 2 is 2.12 bits per heavy atom. The molecule has 0 aliphatic carbocycles. The highest BCUT2D eigenvalue weighted by atomic mass is 16.5. The van der Waals surface area contributed by atoms with Crippen molar-refractivity contribution in [1.82, 2.24) is 10.2 Å². The Labute approximate surface area is 107 Å². The molecule has 102 valence electrons. The molecule has 0 radical (unpaired) electrons. The maximum Gasteiger partial charge on any atom is 0.0700 e. The standard InChI is InChI=1S/C14H30N2O/c1-5-16(11-12(2)3)13(4)9-15-10-14-7-6-8-17-14/h12-15H,5-11H2,1-4H3. The number of likely N-dealkylation sites (N-methyl/N-ethyl adjacent to an activating group) is 1. The van der Waals surface area contributed by atoms with Crippen LogP contribution in [0.1, 0.15) is 40.5 Å². The van der Waals surface area contributed by atoms with Crippen LogP contribution in [0.25, 0.3) is 0 Å². The third-order valence-corrected chi connectivity index (χ3v) is 3.46. The third-order valence-electron chi connectivity index (χ3n) is 3.46. The zero-order valence-corrected chi connectivity index (χ0v) is 12.0. The van der Waals surface area contributed by atoms with Gasteiger partial charge in [0.05, 0.1) is 6.10 Å². The Bertz CT molecular complexity index is 191. The number of nitrogens with one attached hydrogen (secondary N) is 1. The molecule has 0 amide bonds. The van der Waals surface area contributed by atoms with E-state index in [1.807, 2.05) is 0 Å². The van der Waals surface area contributed by atoms with E-state index in [4.69, 9.17) is 4.74 Å². The molecular formula is C14H30N2O. The number of ether oxygens (including phenoxy) is 1. The second-order valence-corrected chi connectivity index (χ2v) is 5.62. The molecule has 1 aliphatic heterocycles. The van der Waals surface area contributed by atoms with Gasteiger partial charge in [-0.3, -0.25) is 4.90 Å². The molecule has 1 heterocycles. The van der Waals surface area contributed by atoms with Crippen LogP contribution < -0.4 is 5.32 Å². The van der Waals surface area contributed by atoms with Gasteiger partial charge in [-0.25, -0.2) is 0 Å². The van der Waals surface area contributed by atoms with E-state index in [1.54, 1.807) is 0 Å². The van der Waals surface area contributed by atoms with Crippen molar-refractivity contribution in [1.29, 1.82) is 0 Å². The quantitative estimate of drug-likeness (QED) is 0.705. The maximum absolute atomic E-state index is 5.61. The summed E-state index contributed by atoms with van der Waals surface area (Å²) in [5, 5.41) is 3.55. The Kier molecular flexibility index (Phi) is 7.09. The van der Waals surface area contributed by atoms with Crippen molar-refractivity contribution in [2.75, 3.05) is 32.8 Å². The molecule has 2 unspecified atom stereocenters. The first-order valence-corrected chi connectivity index (χ1v) is 7.19. The number of hydrogen-bond acceptors (Lipinski definition) is 3. The van der Waals surface area contributed by atoms with E-state index >= 15 is 0 Å². The molecule has 1 aliphatic rings. The van der Waals surface area contributed by atoms with Crippen molar-refractivity contribution in [3.63, 3.8) is 0 Å². The largest absolute Gasteiger partial charge is 0.377 e. The molecule has 0 aromatic heterocycles. The van der Waals surface area contributed by atoms with E-state index in [1.165, 1.54) is 19.4 Å². The van der Waals surface area contributed by atoms with Crippen molar-refractivity contribution >= 4 is 0 Å². The van der Waals surface area contributed by atoms with Crippen LogP contribution in [0.5, 0.6) is 0 Å². The molecule has 2 atom stereocenters. The Morgan fingerprint density at radius 3 is 2.65 bits per heavy atom. The molecule has 3 nitrogen and oxygen atoms in total. The molecule has 1 N–H and O–H groups in total. The first-order valence-electron chi connectivity index (χ1n) is 7.19. The smallest absolute Gasteiger partial charge is 0.0700 e. The van der Waals surface area contributed by atoms with Gasteiger partial charge in [0.2, 0.25) is 0 Å². The summed E-state index contributed by atoms with van der Waals surface area (Å²) < 4.78 is 5.61. The predicted molar refractivity (Wildman–Crippen MR) is 73.4 cm³/mol. The van der Waals surface area contributed by atoms with E-state index in [-0.39, 0.29) is 0 Å². The zero-order chi connectivity index (χ0) is 12.7. The van der Waals surface area contributed by atoms with Gasteiger partial charge in [0.15, 0.2) is 0 Å². The average Bonchev–Trinajstić information content (AvgIpc) is 2.78. The van der Waals surface area contributed by atoms with Gasteiger partial charge in [-0.15, -0.1) is 0 Å². The van der Waals surface area contributed by atoms with Crippen molar-refractivity contribution < 1.29 is 4.74 Å². The van der Waals surface area contributed by atoms with Gasteiger partial charge in [0.25, 0.3) is 0 Å². The van der Waals surface area contributed by atoms with Gasteiger partial charge in [-0.1, -0.05) is 20.8 Å². The topological polar surface area (TPSA) is 24.5 Å². The number of hydrogen-bond donors (Lipinski definition) is 1. The summed E-state index contributed by atoms with van der Waals surface area (Å²) >= 11 is 0. The van der Waals surface area contributed by atoms with Crippen molar-refractivity contribution in [2.45, 2.75) is 52.7 Å². The number of rotatable bonds is 8. The fourth-order valence-corrected chi connectivity index (χ4v) is 2.48. The van der Waals surface area contributed by atoms with Gasteiger partial charge < -0.3 is 10.1 Å². The van der Waals surface area contributed by atoms with Crippen LogP contribution >= 0.6 is 0 Å². The lowest BCUT2D eigenvalue weighted by Gasteiger charge is -2.29. The van der Waals surface area contributed by atoms with Gasteiger partial charge >= 0.3 is 0 Å². The van der Waals surface area contributed by atoms with E-state index in [0.717, 1.165) is 32.2 Å². The normalized spacial score (nSPS) is 22.6. The highest BCUT2D eigenvalue weighted by Gasteiger charge is 2.16. The van der Waals surface area contributed by atoms with E-state index < -0.39 is 0 Å². The molecule has 1 rings (SSSR count). The van der Waals surface area contributed by atoms with Crippen LogP contribution in [0.4, 0.5) is 0 Å². The summed E-state index contributed by atoms with van der Waals surface area (Å²) in [5.74, 6) is 0.746. The summed E-state index contributed by atoms with van der Waals surface area (Å²) in [6, 6.07) is 0.615. The fourth-order valence-electron chi connectivity index (χ4n) is 2.48. The minimum atomic E-state index is 0.461. The summed E-state index contributed by atoms with van der Waals surface area (Å²) in [6.07, 6.45) is 2.92. The van der Waals surface area contributed by atoms with Gasteiger partial charge in [-0.2, -0.15) is 0 Å². The Hall–Kier alpha value is -0.120. The second-order valence-electron chi connectivity index (χ2n) is 5.62. The Balaban J connectivity index is 2.14. The third kappa shape index (κ3) is 5.84. The van der Waals surface area contributed by atoms with Crippen molar-refractivity contribution in [3.8, 4) is 0 Å². The van der Waals surface area contributed by atoms with E-state index in [2.05, 4.69) is 37.9 Å². The zero-order valence-electron chi connectivity index (χ0n) is 12.0. The lowest BCUT2D eigenvalue weighted by molar-refractivity contribution is 0.106. The highest BCUT2D eigenvalue weighted by Crippen LogP contribution is 2.10. The number of nitrogens with zero attached hydrogens (tertiary/aromatic N) is 1. The van der Waals surface area contributed by atoms with Gasteiger partial charge in [0, 0.05) is 32.3 Å². The average molecular weight is 242 g/mol. The predicted octanol–water partition coefficient (Wildman–Crippen LogP) is 2.12. The maximum atomic E-state index is 5.61. The van der Waals surface area contributed by atoms with Crippen molar-refractivity contribution in [2.24, 2.45) is 5.92 Å². The lowest BCUT2D eigenvalue weighted by Crippen LogP contribution is -2.43. The minimum absolute atomic E-state index is 0.461. The monoisotopic (exact) mass is 242 g/mol. The van der Waals surface area contributed by atoms with Crippen LogP contribution in [0.15, 0.2) is 0 Å². The lowest BCUT2D eigenvalue weighted by atomic mass is 10.1. The molecule has 0 spiro atoms. The summed E-state index contributed by atoms with van der Waals surface area (Å²) in [5.41, 5.74) is 0. The summed E-state index contributed by atoms with van der Waals surface area (Å²) in [4.78, 5) is 2.55. The van der Waals surface area contributed by atoms with Crippen molar-refractivity contribution in [3.05, 3.63) is 0 Å². The van der Waals surface area contributed by atoms with Gasteiger partial charge in [0.1, 0.15) is 0 Å². The van der Waals surface area contributed by atoms with Gasteiger partial charge in [-0.05, 0) is 32.2 Å². The SMILES string of the molecule is CCN(CC(C)C)C(C)CNCC1CCCO1. The van der Waals surface area contributed by atoms with Crippen LogP contribution in [-0.4, -0.2) is 49.8 Å². The van der Waals surface area contributed by atoms with Crippen LogP contribution in [0.2, 0.25) is 0 Å². The first-order chi connectivity index (χ1) is 8.13. The molecule has 3 heteroatoms. The molecule has 0 saturated carbocycles. The summed E-state index contributed by atoms with van der Waals surface area (Å²) in [7, 11) is 0. The first kappa shape index (κ1) is 14.9. The molecule has 0 aromatic rings. The highest BCUT2D eigenvalue weighted by molar-refractivity contribution is 4.73. The molecular weight excluding hydrogens is 212 g/mol. The molecule has 1 fully saturated rings. The molecule has 17 heavy (non-hydrogen) atoms. The van der Waals surface area contributed by atoms with Crippen LogP contribution in [0.3, 0.4) is 0 Å².